The van der Waals surface area contributed by atoms with Gasteiger partial charge in [-0.3, -0.25) is 14.6 Å². The van der Waals surface area contributed by atoms with Gasteiger partial charge in [0.05, 0.1) is 0 Å². The van der Waals surface area contributed by atoms with Gasteiger partial charge < -0.3 is 10.2 Å². The predicted octanol–water partition coefficient (Wildman–Crippen LogP) is 2.69. The Morgan fingerprint density at radius 1 is 1.15 bits per heavy atom. The fourth-order valence-corrected chi connectivity index (χ4v) is 3.69. The Balaban J connectivity index is 1.51. The Morgan fingerprint density at radius 2 is 1.89 bits per heavy atom. The van der Waals surface area contributed by atoms with Crippen LogP contribution in [0, 0.1) is 12.7 Å². The highest BCUT2D eigenvalue weighted by atomic mass is 19.1. The Bertz CT molecular complexity index is 946. The van der Waals surface area contributed by atoms with Crippen molar-refractivity contribution in [2.45, 2.75) is 25.4 Å². The number of aryl methyl sites for hydroxylation is 1. The van der Waals surface area contributed by atoms with E-state index in [1.54, 1.807) is 17.0 Å². The predicted molar refractivity (Wildman–Crippen MR) is 100 cm³/mol. The minimum Gasteiger partial charge on any atom is -0.338 e. The lowest BCUT2D eigenvalue weighted by Gasteiger charge is -2.37. The number of nitrogens with one attached hydrogen (secondary N) is 1. The van der Waals surface area contributed by atoms with E-state index in [1.807, 2.05) is 31.2 Å². The second-order valence-electron chi connectivity index (χ2n) is 7.06. The van der Waals surface area contributed by atoms with E-state index >= 15 is 0 Å². The number of hydrogen-bond donors (Lipinski definition) is 1. The summed E-state index contributed by atoms with van der Waals surface area (Å²) in [5.41, 5.74) is 1.67. The van der Waals surface area contributed by atoms with Gasteiger partial charge in [0.2, 0.25) is 0 Å². The molecule has 2 aliphatic rings. The van der Waals surface area contributed by atoms with Gasteiger partial charge in [0.25, 0.3) is 11.8 Å². The first kappa shape index (κ1) is 17.4. The van der Waals surface area contributed by atoms with Crippen LogP contribution in [-0.4, -0.2) is 41.2 Å². The lowest BCUT2D eigenvalue weighted by Crippen LogP contribution is -2.52. The number of aliphatic imine (C=N–C) groups is 1. The monoisotopic (exact) mass is 365 g/mol. The van der Waals surface area contributed by atoms with Crippen molar-refractivity contribution in [1.82, 2.24) is 10.2 Å². The molecule has 0 atom stereocenters. The van der Waals surface area contributed by atoms with Crippen LogP contribution in [0.15, 0.2) is 53.5 Å². The van der Waals surface area contributed by atoms with E-state index in [0.717, 1.165) is 5.56 Å². The van der Waals surface area contributed by atoms with E-state index < -0.39 is 11.5 Å². The zero-order valence-corrected chi connectivity index (χ0v) is 15.0. The standard InChI is InChI=1S/C21H20FN3O2/c1-14-5-2-3-8-17(14)20(27)25-11-9-21(10-12-25)23-18(19(26)24-21)15-6-4-7-16(22)13-15/h2-8,13H,9-12H2,1H3,(H,24,26). The van der Waals surface area contributed by atoms with E-state index in [4.69, 9.17) is 0 Å². The molecule has 1 saturated heterocycles. The molecule has 1 spiro atoms. The van der Waals surface area contributed by atoms with Crippen molar-refractivity contribution < 1.29 is 14.0 Å². The molecular formula is C21H20FN3O2. The smallest absolute Gasteiger partial charge is 0.272 e. The average molecular weight is 365 g/mol. The van der Waals surface area contributed by atoms with Crippen LogP contribution in [0.5, 0.6) is 0 Å². The molecule has 0 saturated carbocycles. The molecule has 1 N–H and O–H groups in total. The van der Waals surface area contributed by atoms with Crippen LogP contribution in [0.2, 0.25) is 0 Å². The fourth-order valence-electron chi connectivity index (χ4n) is 3.69. The normalized spacial score (nSPS) is 18.4. The summed E-state index contributed by atoms with van der Waals surface area (Å²) in [5, 5.41) is 2.94. The summed E-state index contributed by atoms with van der Waals surface area (Å²) < 4.78 is 13.5. The number of amides is 2. The van der Waals surface area contributed by atoms with Gasteiger partial charge in [-0.25, -0.2) is 4.39 Å². The third-order valence-corrected chi connectivity index (χ3v) is 5.24. The molecule has 2 aromatic rings. The van der Waals surface area contributed by atoms with E-state index in [2.05, 4.69) is 10.3 Å². The summed E-state index contributed by atoms with van der Waals surface area (Å²) >= 11 is 0. The lowest BCUT2D eigenvalue weighted by molar-refractivity contribution is -0.115. The van der Waals surface area contributed by atoms with Gasteiger partial charge in [-0.05, 0) is 30.7 Å². The first-order valence-electron chi connectivity index (χ1n) is 9.01. The van der Waals surface area contributed by atoms with Gasteiger partial charge >= 0.3 is 0 Å². The maximum Gasteiger partial charge on any atom is 0.272 e. The Kier molecular flexibility index (Phi) is 4.26. The number of likely N-dealkylation sites (tertiary alicyclic amines) is 1. The summed E-state index contributed by atoms with van der Waals surface area (Å²) in [6, 6.07) is 13.4. The first-order valence-corrected chi connectivity index (χ1v) is 9.01. The van der Waals surface area contributed by atoms with Crippen LogP contribution in [0.1, 0.15) is 34.3 Å². The minimum atomic E-state index is -0.707. The van der Waals surface area contributed by atoms with Crippen LogP contribution in [0.3, 0.4) is 0 Å². The third-order valence-electron chi connectivity index (χ3n) is 5.24. The van der Waals surface area contributed by atoms with Gasteiger partial charge in [0, 0.05) is 37.1 Å². The van der Waals surface area contributed by atoms with Crippen molar-refractivity contribution in [2.75, 3.05) is 13.1 Å². The molecular weight excluding hydrogens is 345 g/mol. The quantitative estimate of drug-likeness (QED) is 0.889. The molecule has 138 valence electrons. The number of nitrogens with zero attached hydrogens (tertiary/aromatic N) is 2. The minimum absolute atomic E-state index is 0.00149. The number of piperidine rings is 1. The molecule has 0 radical (unpaired) electrons. The van der Waals surface area contributed by atoms with Crippen LogP contribution in [0.25, 0.3) is 0 Å². The summed E-state index contributed by atoms with van der Waals surface area (Å²) in [4.78, 5) is 31.6. The summed E-state index contributed by atoms with van der Waals surface area (Å²) in [6.07, 6.45) is 1.07. The molecule has 2 amide bonds. The summed E-state index contributed by atoms with van der Waals surface area (Å²) in [6.45, 7) is 2.94. The van der Waals surface area contributed by atoms with Crippen molar-refractivity contribution in [3.8, 4) is 0 Å². The summed E-state index contributed by atoms with van der Waals surface area (Å²) in [7, 11) is 0. The van der Waals surface area contributed by atoms with Gasteiger partial charge in [0.1, 0.15) is 17.2 Å². The van der Waals surface area contributed by atoms with Crippen molar-refractivity contribution in [1.29, 1.82) is 0 Å². The zero-order chi connectivity index (χ0) is 19.0. The molecule has 27 heavy (non-hydrogen) atoms. The topological polar surface area (TPSA) is 61.8 Å². The van der Waals surface area contributed by atoms with Crippen LogP contribution >= 0.6 is 0 Å². The second kappa shape index (κ2) is 6.61. The first-order chi connectivity index (χ1) is 13.0. The van der Waals surface area contributed by atoms with Crippen molar-refractivity contribution in [3.63, 3.8) is 0 Å². The molecule has 2 heterocycles. The van der Waals surface area contributed by atoms with Crippen molar-refractivity contribution >= 4 is 17.5 Å². The maximum absolute atomic E-state index is 13.5. The maximum atomic E-state index is 13.5. The molecule has 0 aromatic heterocycles. The highest BCUT2D eigenvalue weighted by Crippen LogP contribution is 2.29. The van der Waals surface area contributed by atoms with Gasteiger partial charge in [-0.15, -0.1) is 0 Å². The van der Waals surface area contributed by atoms with E-state index in [0.29, 0.717) is 37.1 Å². The lowest BCUT2D eigenvalue weighted by atomic mass is 9.97. The Morgan fingerprint density at radius 3 is 2.59 bits per heavy atom. The molecule has 0 aliphatic carbocycles. The van der Waals surface area contributed by atoms with Crippen molar-refractivity contribution in [3.05, 3.63) is 71.0 Å². The molecule has 0 bridgehead atoms. The summed E-state index contributed by atoms with van der Waals surface area (Å²) in [5.74, 6) is -0.691. The van der Waals surface area contributed by atoms with E-state index in [1.165, 1.54) is 12.1 Å². The molecule has 6 heteroatoms. The van der Waals surface area contributed by atoms with Crippen molar-refractivity contribution in [2.24, 2.45) is 4.99 Å². The van der Waals surface area contributed by atoms with Crippen LogP contribution in [0.4, 0.5) is 4.39 Å². The number of carbonyl (C=O) groups is 2. The molecule has 2 aliphatic heterocycles. The molecule has 1 fully saturated rings. The van der Waals surface area contributed by atoms with Gasteiger partial charge in [-0.2, -0.15) is 0 Å². The Hall–Kier alpha value is -3.02. The van der Waals surface area contributed by atoms with Crippen LogP contribution < -0.4 is 5.32 Å². The zero-order valence-electron chi connectivity index (χ0n) is 15.0. The van der Waals surface area contributed by atoms with Gasteiger partial charge in [-0.1, -0.05) is 30.3 Å². The number of hydrogen-bond acceptors (Lipinski definition) is 3. The van der Waals surface area contributed by atoms with E-state index in [9.17, 15) is 14.0 Å². The second-order valence-corrected chi connectivity index (χ2v) is 7.06. The highest BCUT2D eigenvalue weighted by molar-refractivity contribution is 6.46. The number of carbonyl (C=O) groups excluding carboxylic acids is 2. The van der Waals surface area contributed by atoms with Crippen LogP contribution in [-0.2, 0) is 4.79 Å². The third kappa shape index (κ3) is 3.23. The van der Waals surface area contributed by atoms with E-state index in [-0.39, 0.29) is 17.5 Å². The fraction of sp³-hybridized carbons (Fsp3) is 0.286. The number of halogens is 1. The molecule has 5 nitrogen and oxygen atoms in total. The average Bonchev–Trinajstić information content (AvgIpc) is 2.98. The molecule has 0 unspecified atom stereocenters. The number of rotatable bonds is 2. The van der Waals surface area contributed by atoms with Gasteiger partial charge in [0.15, 0.2) is 0 Å². The number of benzene rings is 2. The molecule has 4 rings (SSSR count). The SMILES string of the molecule is Cc1ccccc1C(=O)N1CCC2(CC1)N=C(c1cccc(F)c1)C(=O)N2. The largest absolute Gasteiger partial charge is 0.338 e. The Labute approximate surface area is 156 Å². The highest BCUT2D eigenvalue weighted by Gasteiger charge is 2.43. The molecule has 2 aromatic carbocycles.